The molecule has 0 spiro atoms. The molecular formula is C33H42O10. The molecule has 10 heteroatoms. The maximum atomic E-state index is 13.7. The Kier molecular flexibility index (Phi) is 8.70. The highest BCUT2D eigenvalue weighted by Gasteiger charge is 2.69. The van der Waals surface area contributed by atoms with Crippen molar-refractivity contribution < 1.29 is 48.3 Å². The predicted molar refractivity (Wildman–Crippen MR) is 154 cm³/mol. The molecule has 10 nitrogen and oxygen atoms in total. The number of fused-ring (bicyclic) bond motifs is 2. The van der Waals surface area contributed by atoms with Gasteiger partial charge in [-0.15, -0.1) is 0 Å². The van der Waals surface area contributed by atoms with Gasteiger partial charge in [0, 0.05) is 39.0 Å². The van der Waals surface area contributed by atoms with E-state index in [4.69, 9.17) is 18.9 Å². The number of hydrogen-bond acceptors (Lipinski definition) is 10. The van der Waals surface area contributed by atoms with E-state index in [1.54, 1.807) is 58.0 Å². The third kappa shape index (κ3) is 5.62. The van der Waals surface area contributed by atoms with E-state index in [2.05, 4.69) is 6.58 Å². The highest BCUT2D eigenvalue weighted by molar-refractivity contribution is 5.89. The van der Waals surface area contributed by atoms with Gasteiger partial charge in [-0.05, 0) is 62.0 Å². The van der Waals surface area contributed by atoms with Gasteiger partial charge in [0.2, 0.25) is 0 Å². The Morgan fingerprint density at radius 1 is 0.930 bits per heavy atom. The first-order valence-electron chi connectivity index (χ1n) is 14.5. The van der Waals surface area contributed by atoms with Gasteiger partial charge in [-0.1, -0.05) is 31.7 Å². The largest absolute Gasteiger partial charge is 0.462 e. The Morgan fingerprint density at radius 2 is 1.51 bits per heavy atom. The van der Waals surface area contributed by atoms with Gasteiger partial charge in [0.05, 0.1) is 22.7 Å². The van der Waals surface area contributed by atoms with Crippen molar-refractivity contribution in [2.75, 3.05) is 0 Å². The Bertz CT molecular complexity index is 1340. The lowest BCUT2D eigenvalue weighted by atomic mass is 9.56. The van der Waals surface area contributed by atoms with Crippen molar-refractivity contribution in [2.45, 2.75) is 104 Å². The van der Waals surface area contributed by atoms with Crippen LogP contribution in [0.2, 0.25) is 0 Å². The zero-order valence-corrected chi connectivity index (χ0v) is 25.8. The van der Waals surface area contributed by atoms with Crippen LogP contribution in [0.5, 0.6) is 0 Å². The molecule has 2 saturated carbocycles. The summed E-state index contributed by atoms with van der Waals surface area (Å²) in [7, 11) is 0. The van der Waals surface area contributed by atoms with Crippen LogP contribution in [0.3, 0.4) is 0 Å². The SMILES string of the molecule is C=C1C2C[C@@]3(C(C)(C)O)C[C@H](OC(C)=O)C(C)=C3[C@@H](OC(C)=O)[C@H](OC(=O)c3ccccc3)[C@]2(C)[C@@H](OC(C)=O)C[C@H]1O. The van der Waals surface area contributed by atoms with Crippen molar-refractivity contribution in [3.05, 3.63) is 59.2 Å². The van der Waals surface area contributed by atoms with Crippen LogP contribution in [0.25, 0.3) is 0 Å². The van der Waals surface area contributed by atoms with E-state index in [0.717, 1.165) is 0 Å². The maximum Gasteiger partial charge on any atom is 0.338 e. The van der Waals surface area contributed by atoms with Crippen molar-refractivity contribution in [2.24, 2.45) is 16.7 Å². The van der Waals surface area contributed by atoms with E-state index < -0.39 is 76.7 Å². The molecule has 0 heterocycles. The first-order valence-corrected chi connectivity index (χ1v) is 14.5. The average Bonchev–Trinajstić information content (AvgIpc) is 3.13. The number of aliphatic hydroxyl groups excluding tert-OH is 1. The molecule has 1 unspecified atom stereocenters. The quantitative estimate of drug-likeness (QED) is 0.281. The first-order chi connectivity index (χ1) is 19.9. The monoisotopic (exact) mass is 598 g/mol. The molecule has 0 amide bonds. The molecule has 0 aromatic heterocycles. The zero-order chi connectivity index (χ0) is 32.1. The fourth-order valence-corrected chi connectivity index (χ4v) is 7.62. The standard InChI is InChI=1S/C33H42O10/c1-17-23-15-33(31(6,7)39)16-25(40-19(3)34)18(2)27(33)28(42-21(5)36)29(43-30(38)22-12-10-9-11-13-22)32(23,8)26(14-24(17)37)41-20(4)35/h9-13,23-26,28-29,37,39H,1,14-16H2,2-8H3/t23?,24-,25+,26+,28-,29+,32+,33-/m1/s1. The molecule has 2 fully saturated rings. The molecule has 8 atom stereocenters. The number of hydrogen-bond donors (Lipinski definition) is 2. The van der Waals surface area contributed by atoms with Gasteiger partial charge in [0.15, 0.2) is 12.2 Å². The third-order valence-corrected chi connectivity index (χ3v) is 9.76. The minimum atomic E-state index is -1.49. The fraction of sp³-hybridized carbons (Fsp3) is 0.576. The Morgan fingerprint density at radius 3 is 2.05 bits per heavy atom. The molecule has 1 aromatic carbocycles. The van der Waals surface area contributed by atoms with Crippen LogP contribution in [-0.2, 0) is 33.3 Å². The molecular weight excluding hydrogens is 556 g/mol. The van der Waals surface area contributed by atoms with Crippen molar-refractivity contribution in [1.82, 2.24) is 0 Å². The molecule has 3 aliphatic rings. The second-order valence-electron chi connectivity index (χ2n) is 12.8. The molecule has 3 aliphatic carbocycles. The average molecular weight is 599 g/mol. The van der Waals surface area contributed by atoms with Gasteiger partial charge in [0.1, 0.15) is 12.2 Å². The molecule has 1 aromatic rings. The summed E-state index contributed by atoms with van der Waals surface area (Å²) in [6.45, 7) is 14.8. The van der Waals surface area contributed by atoms with E-state index >= 15 is 0 Å². The Hall–Kier alpha value is -3.50. The van der Waals surface area contributed by atoms with Crippen LogP contribution in [0.15, 0.2) is 53.6 Å². The van der Waals surface area contributed by atoms with Crippen LogP contribution in [0, 0.1) is 16.7 Å². The smallest absolute Gasteiger partial charge is 0.338 e. The molecule has 2 N–H and O–H groups in total. The van der Waals surface area contributed by atoms with Crippen molar-refractivity contribution in [3.63, 3.8) is 0 Å². The second-order valence-corrected chi connectivity index (χ2v) is 12.8. The van der Waals surface area contributed by atoms with Crippen LogP contribution in [0.4, 0.5) is 0 Å². The summed E-state index contributed by atoms with van der Waals surface area (Å²) >= 11 is 0. The zero-order valence-electron chi connectivity index (χ0n) is 25.8. The van der Waals surface area contributed by atoms with Gasteiger partial charge in [-0.2, -0.15) is 0 Å². The molecule has 0 saturated heterocycles. The minimum absolute atomic E-state index is 0.0266. The van der Waals surface area contributed by atoms with Crippen LogP contribution < -0.4 is 0 Å². The van der Waals surface area contributed by atoms with Crippen molar-refractivity contribution in [1.29, 1.82) is 0 Å². The lowest BCUT2D eigenvalue weighted by Crippen LogP contribution is -2.60. The minimum Gasteiger partial charge on any atom is -0.462 e. The number of carbonyl (C=O) groups excluding carboxylic acids is 4. The lowest BCUT2D eigenvalue weighted by Gasteiger charge is -2.53. The van der Waals surface area contributed by atoms with Gasteiger partial charge in [-0.3, -0.25) is 14.4 Å². The van der Waals surface area contributed by atoms with Gasteiger partial charge in [0.25, 0.3) is 0 Å². The van der Waals surface area contributed by atoms with Gasteiger partial charge in [-0.25, -0.2) is 4.79 Å². The fourth-order valence-electron chi connectivity index (χ4n) is 7.62. The maximum absolute atomic E-state index is 13.7. The summed E-state index contributed by atoms with van der Waals surface area (Å²) in [5.74, 6) is -3.22. The topological polar surface area (TPSA) is 146 Å². The van der Waals surface area contributed by atoms with Crippen LogP contribution >= 0.6 is 0 Å². The van der Waals surface area contributed by atoms with Gasteiger partial charge >= 0.3 is 23.9 Å². The number of aliphatic hydroxyl groups is 2. The normalized spacial score (nSPS) is 33.9. The summed E-state index contributed by atoms with van der Waals surface area (Å²) in [5, 5.41) is 23.1. The van der Waals surface area contributed by atoms with E-state index in [1.807, 2.05) is 0 Å². The predicted octanol–water partition coefficient (Wildman–Crippen LogP) is 3.83. The Balaban J connectivity index is 2.07. The Labute approximate surface area is 252 Å². The number of benzene rings is 1. The summed E-state index contributed by atoms with van der Waals surface area (Å²) in [4.78, 5) is 51.1. The van der Waals surface area contributed by atoms with Crippen LogP contribution in [0.1, 0.15) is 78.1 Å². The second kappa shape index (κ2) is 11.5. The third-order valence-electron chi connectivity index (χ3n) is 9.76. The molecule has 0 radical (unpaired) electrons. The van der Waals surface area contributed by atoms with E-state index in [0.29, 0.717) is 16.7 Å². The van der Waals surface area contributed by atoms with E-state index in [9.17, 15) is 29.4 Å². The molecule has 43 heavy (non-hydrogen) atoms. The summed E-state index contributed by atoms with van der Waals surface area (Å²) < 4.78 is 23.9. The number of esters is 4. The van der Waals surface area contributed by atoms with Crippen molar-refractivity contribution in [3.8, 4) is 0 Å². The number of carbonyl (C=O) groups is 4. The summed E-state index contributed by atoms with van der Waals surface area (Å²) in [6, 6.07) is 8.30. The molecule has 0 aliphatic heterocycles. The van der Waals surface area contributed by atoms with E-state index in [1.165, 1.54) is 20.8 Å². The first kappa shape index (κ1) is 32.4. The summed E-state index contributed by atoms with van der Waals surface area (Å²) in [6.07, 6.45) is -5.10. The van der Waals surface area contributed by atoms with Crippen LogP contribution in [-0.4, -0.2) is 70.2 Å². The molecule has 4 rings (SSSR count). The highest BCUT2D eigenvalue weighted by atomic mass is 16.6. The summed E-state index contributed by atoms with van der Waals surface area (Å²) in [5.41, 5.74) is -2.29. The number of ether oxygens (including phenoxy) is 4. The lowest BCUT2D eigenvalue weighted by molar-refractivity contribution is -0.188. The van der Waals surface area contributed by atoms with E-state index in [-0.39, 0.29) is 24.8 Å². The molecule has 234 valence electrons. The van der Waals surface area contributed by atoms with Crippen molar-refractivity contribution >= 4 is 23.9 Å². The number of rotatable bonds is 6. The van der Waals surface area contributed by atoms with Gasteiger partial charge < -0.3 is 29.2 Å². The highest BCUT2D eigenvalue weighted by Crippen LogP contribution is 2.65. The molecule has 0 bridgehead atoms.